The molecule has 0 aromatic rings. The van der Waals surface area contributed by atoms with Gasteiger partial charge >= 0.3 is 18.0 Å². The van der Waals surface area contributed by atoms with Gasteiger partial charge in [0.05, 0.1) is 7.11 Å². The predicted molar refractivity (Wildman–Crippen MR) is 303 cm³/mol. The molecule has 0 radical (unpaired) electrons. The summed E-state index contributed by atoms with van der Waals surface area (Å²) in [7, 11) is 1.20. The van der Waals surface area contributed by atoms with Crippen LogP contribution >= 0.6 is 0 Å². The Labute approximate surface area is 480 Å². The van der Waals surface area contributed by atoms with Crippen LogP contribution in [0.5, 0.6) is 0 Å². The number of ether oxygens (including phenoxy) is 3. The number of carbonyl (C=O) groups is 12. The van der Waals surface area contributed by atoms with Gasteiger partial charge in [0.25, 0.3) is 5.91 Å². The van der Waals surface area contributed by atoms with Gasteiger partial charge in [0.15, 0.2) is 6.10 Å². The molecule has 0 heterocycles. The Balaban J connectivity index is 6.05. The van der Waals surface area contributed by atoms with E-state index in [1.54, 1.807) is 76.2 Å². The van der Waals surface area contributed by atoms with E-state index in [1.165, 1.54) is 55.6 Å². The normalized spacial score (nSPS) is 15.3. The molecular formula is C56H100N10O15. The smallest absolute Gasteiger partial charge is 0.408 e. The highest BCUT2D eigenvalue weighted by Gasteiger charge is 2.40. The fourth-order valence-electron chi connectivity index (χ4n) is 7.70. The van der Waals surface area contributed by atoms with E-state index in [2.05, 4.69) is 53.2 Å². The van der Waals surface area contributed by atoms with Crippen molar-refractivity contribution in [2.45, 2.75) is 243 Å². The first kappa shape index (κ1) is 74.4. The van der Waals surface area contributed by atoms with E-state index in [-0.39, 0.29) is 36.5 Å². The molecule has 0 aliphatic rings. The number of esters is 2. The molecule has 25 heteroatoms. The highest BCUT2D eigenvalue weighted by atomic mass is 16.6. The molecule has 25 nitrogen and oxygen atoms in total. The molecule has 9 atom stereocenters. The fourth-order valence-corrected chi connectivity index (χ4v) is 7.70. The maximum atomic E-state index is 13.9. The van der Waals surface area contributed by atoms with Crippen LogP contribution in [-0.2, 0) is 67.0 Å². The van der Waals surface area contributed by atoms with Gasteiger partial charge in [0, 0.05) is 0 Å². The lowest BCUT2D eigenvalue weighted by molar-refractivity contribution is -0.159. The average Bonchev–Trinajstić information content (AvgIpc) is 3.30. The zero-order valence-electron chi connectivity index (χ0n) is 52.4. The molecule has 10 amide bonds. The van der Waals surface area contributed by atoms with Gasteiger partial charge in [-0.25, -0.2) is 14.4 Å². The van der Waals surface area contributed by atoms with E-state index in [0.29, 0.717) is 6.42 Å². The summed E-state index contributed by atoms with van der Waals surface area (Å²) in [5.41, 5.74) is -4.19. The third kappa shape index (κ3) is 26.7. The van der Waals surface area contributed by atoms with Crippen molar-refractivity contribution in [3.05, 3.63) is 0 Å². The summed E-state index contributed by atoms with van der Waals surface area (Å²) >= 11 is 0. The largest absolute Gasteiger partial charge is 0.467 e. The monoisotopic (exact) mass is 1150 g/mol. The van der Waals surface area contributed by atoms with Crippen molar-refractivity contribution in [3.8, 4) is 0 Å². The number of methoxy groups -OCH3 is 1. The van der Waals surface area contributed by atoms with Crippen molar-refractivity contribution in [2.75, 3.05) is 7.11 Å². The van der Waals surface area contributed by atoms with Crippen LogP contribution in [-0.4, -0.2) is 149 Å². The Hall–Kier alpha value is -6.56. The first-order valence-corrected chi connectivity index (χ1v) is 27.9. The lowest BCUT2D eigenvalue weighted by Crippen LogP contribution is -2.63. The van der Waals surface area contributed by atoms with Gasteiger partial charge in [-0.05, 0) is 124 Å². The minimum absolute atomic E-state index is 0.0394. The summed E-state index contributed by atoms with van der Waals surface area (Å²) in [6.45, 7) is 35.6. The molecule has 0 fully saturated rings. The Kier molecular flexibility index (Phi) is 30.1. The highest BCUT2D eigenvalue weighted by Crippen LogP contribution is 2.16. The zero-order chi connectivity index (χ0) is 63.4. The summed E-state index contributed by atoms with van der Waals surface area (Å²) in [6.07, 6.45) is -1.82. The second-order valence-electron chi connectivity index (χ2n) is 25.1. The van der Waals surface area contributed by atoms with E-state index in [9.17, 15) is 57.5 Å². The number of carbonyl (C=O) groups excluding carboxylic acids is 12. The van der Waals surface area contributed by atoms with Crippen molar-refractivity contribution in [3.63, 3.8) is 0 Å². The highest BCUT2D eigenvalue weighted by molar-refractivity contribution is 5.99. The molecule has 0 bridgehead atoms. The topological polar surface area (TPSA) is 353 Å². The Morgan fingerprint density at radius 3 is 1.05 bits per heavy atom. The van der Waals surface area contributed by atoms with Crippen LogP contribution in [0.2, 0.25) is 0 Å². The van der Waals surface area contributed by atoms with E-state index < -0.39 is 154 Å². The van der Waals surface area contributed by atoms with Crippen molar-refractivity contribution >= 4 is 71.2 Å². The third-order valence-electron chi connectivity index (χ3n) is 12.4. The lowest BCUT2D eigenvalue weighted by atomic mass is 9.97. The average molecular weight is 1150 g/mol. The summed E-state index contributed by atoms with van der Waals surface area (Å²) in [6, 6.07) is -9.24. The minimum Gasteiger partial charge on any atom is -0.467 e. The summed E-state index contributed by atoms with van der Waals surface area (Å²) in [5.74, 6) is -10.1. The van der Waals surface area contributed by atoms with Gasteiger partial charge in [0.1, 0.15) is 65.0 Å². The maximum Gasteiger partial charge on any atom is 0.408 e. The van der Waals surface area contributed by atoms with Crippen molar-refractivity contribution in [1.82, 2.24) is 53.2 Å². The molecule has 10 N–H and O–H groups in total. The minimum atomic E-state index is -1.70. The molecule has 0 aromatic heterocycles. The number of nitrogens with one attached hydrogen (secondary N) is 10. The molecular weight excluding hydrogens is 1050 g/mol. The standard InChI is InChI=1S/C56H100N10O15/c1-27(2)24-36(59-42(67)33(13)58-48(73)40(31(9)10)64-53(78)81-54(16,17)18)45(70)65-56(21,22)52(77)63-41(32(11)12)50(75)80-35(15)44(69)60-37(25-28(3)4)46(71)66-55(19,20)51(76)62-39(30(7)8)47(72)57-34(14)43(68)61-38(26-29(5)6)49(74)79-23/h27-41H,24-26H2,1-23H3,(H,57,72)(H,58,73)(H,59,67)(H,60,69)(H,61,68)(H,62,76)(H,63,77)(H,64,78)(H,65,70)(H,66,71)/t33-,34-,35-,36-,37-,38-,39-,40-,41-/m0/s1. The van der Waals surface area contributed by atoms with Crippen LogP contribution in [0.3, 0.4) is 0 Å². The van der Waals surface area contributed by atoms with Gasteiger partial charge in [-0.15, -0.1) is 0 Å². The van der Waals surface area contributed by atoms with Crippen LogP contribution < -0.4 is 53.2 Å². The molecule has 0 spiro atoms. The van der Waals surface area contributed by atoms with E-state index >= 15 is 0 Å². The SMILES string of the molecule is COC(=O)[C@H](CC(C)C)NC(=O)[C@H](C)NC(=O)[C@@H](NC(=O)C(C)(C)NC(=O)[C@H](CC(C)C)NC(=O)[C@H](C)OC(=O)[C@@H](NC(=O)C(C)(C)NC(=O)[C@H](CC(C)C)NC(=O)[C@H](C)NC(=O)[C@@H](NC(=O)OC(C)(C)C)C(C)C)C(C)C)C(C)C. The first-order valence-electron chi connectivity index (χ1n) is 27.9. The molecule has 0 saturated heterocycles. The Morgan fingerprint density at radius 2 is 0.704 bits per heavy atom. The Bertz CT molecular complexity index is 2200. The number of rotatable bonds is 31. The van der Waals surface area contributed by atoms with E-state index in [0.717, 1.165) is 0 Å². The summed E-state index contributed by atoms with van der Waals surface area (Å²) in [4.78, 5) is 161. The van der Waals surface area contributed by atoms with Gasteiger partial charge in [0.2, 0.25) is 47.3 Å². The van der Waals surface area contributed by atoms with Gasteiger partial charge in [-0.2, -0.15) is 0 Å². The third-order valence-corrected chi connectivity index (χ3v) is 12.4. The van der Waals surface area contributed by atoms with E-state index in [1.807, 2.05) is 27.7 Å². The molecule has 0 aromatic carbocycles. The molecule has 0 rings (SSSR count). The molecule has 464 valence electrons. The number of hydrogen-bond donors (Lipinski definition) is 10. The number of hydrogen-bond acceptors (Lipinski definition) is 15. The van der Waals surface area contributed by atoms with Crippen molar-refractivity contribution in [1.29, 1.82) is 0 Å². The van der Waals surface area contributed by atoms with Crippen LogP contribution in [0.15, 0.2) is 0 Å². The van der Waals surface area contributed by atoms with Crippen molar-refractivity contribution in [2.24, 2.45) is 35.5 Å². The molecule has 0 unspecified atom stereocenters. The van der Waals surface area contributed by atoms with Crippen LogP contribution in [0.25, 0.3) is 0 Å². The second-order valence-corrected chi connectivity index (χ2v) is 25.1. The number of alkyl carbamates (subject to hydrolysis) is 1. The van der Waals surface area contributed by atoms with Gasteiger partial charge in [-0.1, -0.05) is 83.1 Å². The van der Waals surface area contributed by atoms with Crippen molar-refractivity contribution < 1.29 is 71.7 Å². The van der Waals surface area contributed by atoms with Gasteiger partial charge in [-0.3, -0.25) is 43.2 Å². The zero-order valence-corrected chi connectivity index (χ0v) is 52.4. The number of amides is 10. The van der Waals surface area contributed by atoms with Crippen LogP contribution in [0.1, 0.15) is 172 Å². The molecule has 0 aliphatic carbocycles. The van der Waals surface area contributed by atoms with E-state index in [4.69, 9.17) is 14.2 Å². The van der Waals surface area contributed by atoms with Gasteiger partial charge < -0.3 is 67.4 Å². The first-order chi connectivity index (χ1) is 36.9. The van der Waals surface area contributed by atoms with Crippen LogP contribution in [0, 0.1) is 35.5 Å². The Morgan fingerprint density at radius 1 is 0.370 bits per heavy atom. The predicted octanol–water partition coefficient (Wildman–Crippen LogP) is 2.31. The lowest BCUT2D eigenvalue weighted by Gasteiger charge is -2.32. The molecule has 0 aliphatic heterocycles. The summed E-state index contributed by atoms with van der Waals surface area (Å²) in [5, 5.41) is 26.0. The fraction of sp³-hybridized carbons (Fsp3) is 0.786. The summed E-state index contributed by atoms with van der Waals surface area (Å²) < 4.78 is 15.6. The molecule has 0 saturated carbocycles. The van der Waals surface area contributed by atoms with Crippen LogP contribution in [0.4, 0.5) is 4.79 Å². The molecule has 81 heavy (non-hydrogen) atoms. The quantitative estimate of drug-likeness (QED) is 0.0352. The maximum absolute atomic E-state index is 13.9. The second kappa shape index (κ2) is 32.8.